The van der Waals surface area contributed by atoms with E-state index < -0.39 is 0 Å². The van der Waals surface area contributed by atoms with Crippen LogP contribution in [0, 0.1) is 23.2 Å². The first-order valence-corrected chi connectivity index (χ1v) is 7.06. The molecule has 18 heavy (non-hydrogen) atoms. The van der Waals surface area contributed by atoms with Crippen molar-refractivity contribution in [3.8, 4) is 6.07 Å². The van der Waals surface area contributed by atoms with Gasteiger partial charge in [-0.1, -0.05) is 45.0 Å². The highest BCUT2D eigenvalue weighted by Gasteiger charge is 2.02. The topological polar surface area (TPSA) is 23.8 Å². The molecule has 0 N–H and O–H groups in total. The standard InChI is InChI=1S/C17H25N/c1-14(2)13-17-9-7-16(8-10-17)6-4-5-15(3)11-12-18/h7-10,14-15H,4-6,11,13H2,1-3H3. The first-order chi connectivity index (χ1) is 8.61. The highest BCUT2D eigenvalue weighted by atomic mass is 14.2. The van der Waals surface area contributed by atoms with E-state index in [1.54, 1.807) is 0 Å². The molecule has 1 heteroatoms. The van der Waals surface area contributed by atoms with Gasteiger partial charge in [0.05, 0.1) is 6.07 Å². The van der Waals surface area contributed by atoms with Gasteiger partial charge in [0.15, 0.2) is 0 Å². The molecule has 1 rings (SSSR count). The summed E-state index contributed by atoms with van der Waals surface area (Å²) >= 11 is 0. The molecule has 0 bridgehead atoms. The van der Waals surface area contributed by atoms with Crippen LogP contribution in [-0.4, -0.2) is 0 Å². The zero-order chi connectivity index (χ0) is 13.4. The molecule has 1 aromatic carbocycles. The van der Waals surface area contributed by atoms with E-state index >= 15 is 0 Å². The molecule has 1 nitrogen and oxygen atoms in total. The van der Waals surface area contributed by atoms with E-state index in [1.165, 1.54) is 24.0 Å². The molecule has 0 amide bonds. The van der Waals surface area contributed by atoms with E-state index in [0.717, 1.165) is 18.8 Å². The Morgan fingerprint density at radius 1 is 1.06 bits per heavy atom. The van der Waals surface area contributed by atoms with Crippen LogP contribution in [0.3, 0.4) is 0 Å². The van der Waals surface area contributed by atoms with Gasteiger partial charge in [0, 0.05) is 6.42 Å². The van der Waals surface area contributed by atoms with E-state index in [9.17, 15) is 0 Å². The third-order valence-corrected chi connectivity index (χ3v) is 3.27. The summed E-state index contributed by atoms with van der Waals surface area (Å²) in [4.78, 5) is 0. The zero-order valence-corrected chi connectivity index (χ0v) is 11.9. The second-order valence-electron chi connectivity index (χ2n) is 5.77. The Kier molecular flexibility index (Phi) is 6.50. The maximum absolute atomic E-state index is 8.61. The van der Waals surface area contributed by atoms with E-state index in [1.807, 2.05) is 0 Å². The molecule has 1 unspecified atom stereocenters. The first kappa shape index (κ1) is 14.8. The lowest BCUT2D eigenvalue weighted by molar-refractivity contribution is 0.521. The Labute approximate surface area is 112 Å². The number of hydrogen-bond donors (Lipinski definition) is 0. The smallest absolute Gasteiger partial charge is 0.0624 e. The van der Waals surface area contributed by atoms with Crippen molar-refractivity contribution < 1.29 is 0 Å². The van der Waals surface area contributed by atoms with Crippen molar-refractivity contribution in [3.05, 3.63) is 35.4 Å². The number of rotatable bonds is 7. The first-order valence-electron chi connectivity index (χ1n) is 7.06. The molecule has 0 fully saturated rings. The lowest BCUT2D eigenvalue weighted by Crippen LogP contribution is -1.96. The van der Waals surface area contributed by atoms with Gasteiger partial charge in [-0.25, -0.2) is 0 Å². The van der Waals surface area contributed by atoms with Crippen molar-refractivity contribution in [2.75, 3.05) is 0 Å². The number of aryl methyl sites for hydroxylation is 1. The van der Waals surface area contributed by atoms with Gasteiger partial charge in [0.1, 0.15) is 0 Å². The van der Waals surface area contributed by atoms with Crippen molar-refractivity contribution in [1.82, 2.24) is 0 Å². The molecule has 1 atom stereocenters. The van der Waals surface area contributed by atoms with Crippen LogP contribution in [0.5, 0.6) is 0 Å². The molecule has 0 radical (unpaired) electrons. The molecule has 1 aromatic rings. The minimum absolute atomic E-state index is 0.537. The summed E-state index contributed by atoms with van der Waals surface area (Å²) < 4.78 is 0. The number of hydrogen-bond acceptors (Lipinski definition) is 1. The summed E-state index contributed by atoms with van der Waals surface area (Å²) in [6, 6.07) is 11.3. The second kappa shape index (κ2) is 7.93. The quantitative estimate of drug-likeness (QED) is 0.677. The van der Waals surface area contributed by atoms with Crippen LogP contribution in [0.1, 0.15) is 51.2 Å². The van der Waals surface area contributed by atoms with Crippen molar-refractivity contribution >= 4 is 0 Å². The lowest BCUT2D eigenvalue weighted by Gasteiger charge is -2.08. The Bertz CT molecular complexity index is 370. The van der Waals surface area contributed by atoms with Crippen LogP contribution < -0.4 is 0 Å². The monoisotopic (exact) mass is 243 g/mol. The molecule has 0 saturated carbocycles. The number of nitriles is 1. The van der Waals surface area contributed by atoms with Gasteiger partial charge in [-0.3, -0.25) is 0 Å². The van der Waals surface area contributed by atoms with Crippen molar-refractivity contribution in [2.45, 2.75) is 52.9 Å². The summed E-state index contributed by atoms with van der Waals surface area (Å²) in [5.74, 6) is 1.26. The van der Waals surface area contributed by atoms with Crippen molar-refractivity contribution in [1.29, 1.82) is 5.26 Å². The lowest BCUT2D eigenvalue weighted by atomic mass is 9.97. The summed E-state index contributed by atoms with van der Waals surface area (Å²) in [6.07, 6.45) is 5.33. The number of benzene rings is 1. The third-order valence-electron chi connectivity index (χ3n) is 3.27. The molecule has 0 heterocycles. The van der Waals surface area contributed by atoms with Crippen molar-refractivity contribution in [2.24, 2.45) is 11.8 Å². The maximum Gasteiger partial charge on any atom is 0.0624 e. The van der Waals surface area contributed by atoms with Gasteiger partial charge in [0.25, 0.3) is 0 Å². The minimum Gasteiger partial charge on any atom is -0.198 e. The third kappa shape index (κ3) is 5.87. The van der Waals surface area contributed by atoms with Crippen LogP contribution in [-0.2, 0) is 12.8 Å². The molecule has 0 aliphatic carbocycles. The van der Waals surface area contributed by atoms with Crippen LogP contribution in [0.4, 0.5) is 0 Å². The van der Waals surface area contributed by atoms with Gasteiger partial charge in [0.2, 0.25) is 0 Å². The van der Waals surface area contributed by atoms with Crippen LogP contribution in [0.15, 0.2) is 24.3 Å². The van der Waals surface area contributed by atoms with Crippen LogP contribution >= 0.6 is 0 Å². The largest absolute Gasteiger partial charge is 0.198 e. The van der Waals surface area contributed by atoms with Gasteiger partial charge in [-0.15, -0.1) is 0 Å². The fourth-order valence-corrected chi connectivity index (χ4v) is 2.23. The highest BCUT2D eigenvalue weighted by molar-refractivity contribution is 5.22. The normalized spacial score (nSPS) is 12.4. The summed E-state index contributed by atoms with van der Waals surface area (Å²) in [5.41, 5.74) is 2.86. The summed E-state index contributed by atoms with van der Waals surface area (Å²) in [5, 5.41) is 8.61. The van der Waals surface area contributed by atoms with Gasteiger partial charge in [-0.05, 0) is 48.6 Å². The summed E-state index contributed by atoms with van der Waals surface area (Å²) in [6.45, 7) is 6.67. The molecular formula is C17H25N. The van der Waals surface area contributed by atoms with E-state index in [4.69, 9.17) is 5.26 Å². The fraction of sp³-hybridized carbons (Fsp3) is 0.588. The predicted molar refractivity (Wildman–Crippen MR) is 77.3 cm³/mol. The van der Waals surface area contributed by atoms with E-state index in [2.05, 4.69) is 51.1 Å². The van der Waals surface area contributed by atoms with Crippen LogP contribution in [0.2, 0.25) is 0 Å². The highest BCUT2D eigenvalue weighted by Crippen LogP contribution is 2.14. The Morgan fingerprint density at radius 3 is 2.22 bits per heavy atom. The molecule has 0 aliphatic rings. The summed E-state index contributed by atoms with van der Waals surface area (Å²) in [7, 11) is 0. The van der Waals surface area contributed by atoms with Gasteiger partial charge in [-0.2, -0.15) is 5.26 Å². The number of nitrogens with zero attached hydrogens (tertiary/aromatic N) is 1. The average molecular weight is 243 g/mol. The molecular weight excluding hydrogens is 218 g/mol. The molecule has 0 saturated heterocycles. The Morgan fingerprint density at radius 2 is 1.67 bits per heavy atom. The molecule has 0 aromatic heterocycles. The van der Waals surface area contributed by atoms with Crippen molar-refractivity contribution in [3.63, 3.8) is 0 Å². The van der Waals surface area contributed by atoms with E-state index in [-0.39, 0.29) is 0 Å². The maximum atomic E-state index is 8.61. The second-order valence-corrected chi connectivity index (χ2v) is 5.77. The average Bonchev–Trinajstić information content (AvgIpc) is 2.31. The Balaban J connectivity index is 2.33. The van der Waals surface area contributed by atoms with Gasteiger partial charge < -0.3 is 0 Å². The molecule has 98 valence electrons. The Hall–Kier alpha value is -1.29. The SMILES string of the molecule is CC(C)Cc1ccc(CCCC(C)CC#N)cc1. The van der Waals surface area contributed by atoms with Gasteiger partial charge >= 0.3 is 0 Å². The van der Waals surface area contributed by atoms with E-state index in [0.29, 0.717) is 12.3 Å². The fourth-order valence-electron chi connectivity index (χ4n) is 2.23. The molecule has 0 aliphatic heterocycles. The zero-order valence-electron chi connectivity index (χ0n) is 11.9. The molecule has 0 spiro atoms. The van der Waals surface area contributed by atoms with Crippen LogP contribution in [0.25, 0.3) is 0 Å². The minimum atomic E-state index is 0.537. The predicted octanol–water partition coefficient (Wildman–Crippen LogP) is 4.76.